The highest BCUT2D eigenvalue weighted by molar-refractivity contribution is 7.97. The van der Waals surface area contributed by atoms with Crippen molar-refractivity contribution in [1.82, 2.24) is 24.0 Å². The molecule has 2 aromatic heterocycles. The Morgan fingerprint density at radius 3 is 2.96 bits per heavy atom. The van der Waals surface area contributed by atoms with Gasteiger partial charge in [0.2, 0.25) is 4.21 Å². The van der Waals surface area contributed by atoms with Crippen molar-refractivity contribution in [2.45, 2.75) is 55.4 Å². The van der Waals surface area contributed by atoms with E-state index in [0.29, 0.717) is 23.8 Å². The maximum absolute atomic E-state index is 12.4. The van der Waals surface area contributed by atoms with Crippen molar-refractivity contribution in [3.63, 3.8) is 0 Å². The van der Waals surface area contributed by atoms with Gasteiger partial charge in [0.15, 0.2) is 10.4 Å². The fourth-order valence-electron chi connectivity index (χ4n) is 3.88. The molecule has 0 radical (unpaired) electrons. The molecule has 2 atom stereocenters. The molecule has 1 saturated heterocycles. The highest BCUT2D eigenvalue weighted by Crippen LogP contribution is 2.22. The lowest BCUT2D eigenvalue weighted by Crippen LogP contribution is -2.50. The van der Waals surface area contributed by atoms with Gasteiger partial charge in [-0.25, -0.2) is 9.48 Å². The van der Waals surface area contributed by atoms with E-state index in [2.05, 4.69) is 14.7 Å². The van der Waals surface area contributed by atoms with Gasteiger partial charge in [0, 0.05) is 32.1 Å². The quantitative estimate of drug-likeness (QED) is 0.718. The summed E-state index contributed by atoms with van der Waals surface area (Å²) in [6.07, 6.45) is 4.77. The minimum absolute atomic E-state index is 0.0170. The first kappa shape index (κ1) is 19.0. The average molecular weight is 412 g/mol. The van der Waals surface area contributed by atoms with Gasteiger partial charge in [-0.15, -0.1) is 4.72 Å². The Balaban J connectivity index is 1.35. The van der Waals surface area contributed by atoms with Crippen molar-refractivity contribution in [2.24, 2.45) is 0 Å². The number of hydrogen-bond donors (Lipinski definition) is 1. The van der Waals surface area contributed by atoms with Crippen molar-refractivity contribution in [2.75, 3.05) is 19.6 Å². The summed E-state index contributed by atoms with van der Waals surface area (Å²) in [6, 6.07) is 3.27. The normalized spacial score (nSPS) is 23.1. The summed E-state index contributed by atoms with van der Waals surface area (Å²) in [4.78, 5) is 14.6. The molecule has 2 aliphatic heterocycles. The lowest BCUT2D eigenvalue weighted by molar-refractivity contribution is 0.191. The smallest absolute Gasteiger partial charge is 0.345 e. The second-order valence-corrected chi connectivity index (χ2v) is 10.1. The molecule has 0 saturated carbocycles. The van der Waals surface area contributed by atoms with Gasteiger partial charge in [0.25, 0.3) is 0 Å². The summed E-state index contributed by atoms with van der Waals surface area (Å²) in [5.74, 6) is 0.895. The van der Waals surface area contributed by atoms with Gasteiger partial charge < -0.3 is 4.55 Å². The van der Waals surface area contributed by atoms with E-state index in [1.54, 1.807) is 26.8 Å². The molecule has 2 aliphatic rings. The lowest BCUT2D eigenvalue weighted by atomic mass is 10.1. The minimum atomic E-state index is -3.44. The van der Waals surface area contributed by atoms with Crippen LogP contribution >= 0.6 is 11.3 Å². The minimum Gasteiger partial charge on any atom is -0.592 e. The number of aryl methyl sites for hydroxylation is 1. The van der Waals surface area contributed by atoms with Crippen LogP contribution in [0.25, 0.3) is 0 Å². The van der Waals surface area contributed by atoms with Crippen LogP contribution in [0, 0.1) is 0 Å². The van der Waals surface area contributed by atoms with Crippen LogP contribution in [0.4, 0.5) is 0 Å². The fraction of sp³-hybridized carbons (Fsp3) is 0.647. The van der Waals surface area contributed by atoms with Crippen molar-refractivity contribution in [1.29, 1.82) is 0 Å². The van der Waals surface area contributed by atoms with Crippen LogP contribution in [0.15, 0.2) is 26.5 Å². The molecular weight excluding hydrogens is 386 g/mol. The molecule has 0 aliphatic carbocycles. The molecule has 148 valence electrons. The summed E-state index contributed by atoms with van der Waals surface area (Å²) in [5.41, 5.74) is -0.0170. The average Bonchev–Trinajstić information content (AvgIpc) is 3.30. The van der Waals surface area contributed by atoms with Crippen LogP contribution in [0.2, 0.25) is 0 Å². The number of hydrogen-bond acceptors (Lipinski definition) is 6. The first-order valence-corrected chi connectivity index (χ1v) is 11.8. The predicted octanol–water partition coefficient (Wildman–Crippen LogP) is 1.10. The van der Waals surface area contributed by atoms with Crippen molar-refractivity contribution in [3.05, 3.63) is 33.8 Å². The Morgan fingerprint density at radius 2 is 2.19 bits per heavy atom. The first-order valence-electron chi connectivity index (χ1n) is 9.48. The van der Waals surface area contributed by atoms with E-state index >= 15 is 0 Å². The Labute approximate surface area is 163 Å². The third-order valence-corrected chi connectivity index (χ3v) is 8.16. The highest BCUT2D eigenvalue weighted by Gasteiger charge is 2.29. The van der Waals surface area contributed by atoms with Crippen LogP contribution in [-0.4, -0.2) is 49.5 Å². The summed E-state index contributed by atoms with van der Waals surface area (Å²) in [5, 5.41) is 6.25. The highest BCUT2D eigenvalue weighted by atomic mass is 32.3. The number of thiophene rings is 1. The lowest BCUT2D eigenvalue weighted by Gasteiger charge is -2.33. The first-order chi connectivity index (χ1) is 13.0. The second-order valence-electron chi connectivity index (χ2n) is 7.22. The number of piperidine rings is 1. The van der Waals surface area contributed by atoms with E-state index in [0.717, 1.165) is 51.0 Å². The van der Waals surface area contributed by atoms with Crippen molar-refractivity contribution < 1.29 is 8.76 Å². The largest absolute Gasteiger partial charge is 0.592 e. The number of nitrogens with one attached hydrogen (secondary N) is 1. The zero-order chi connectivity index (χ0) is 18.9. The van der Waals surface area contributed by atoms with E-state index in [-0.39, 0.29) is 11.7 Å². The van der Waals surface area contributed by atoms with Gasteiger partial charge in [0.05, 0.1) is 12.6 Å². The Morgan fingerprint density at radius 1 is 1.30 bits per heavy atom. The number of aromatic nitrogens is 3. The maximum Gasteiger partial charge on any atom is 0.345 e. The summed E-state index contributed by atoms with van der Waals surface area (Å²) in [6.45, 7) is 3.59. The number of nitrogens with zero attached hydrogens (tertiary/aromatic N) is 4. The zero-order valence-electron chi connectivity index (χ0n) is 15.2. The third kappa shape index (κ3) is 4.24. The predicted molar refractivity (Wildman–Crippen MR) is 103 cm³/mol. The number of fused-ring (bicyclic) bond motifs is 1. The molecule has 4 rings (SSSR count). The Bertz CT molecular complexity index is 876. The molecule has 10 heteroatoms. The van der Waals surface area contributed by atoms with Crippen LogP contribution in [0.1, 0.15) is 31.5 Å². The molecule has 2 unspecified atom stereocenters. The topological polar surface area (TPSA) is 95.2 Å². The van der Waals surface area contributed by atoms with Crippen LogP contribution in [0.5, 0.6) is 0 Å². The van der Waals surface area contributed by atoms with Gasteiger partial charge in [0.1, 0.15) is 5.82 Å². The van der Waals surface area contributed by atoms with E-state index < -0.39 is 10.4 Å². The number of sulfonamides is 1. The van der Waals surface area contributed by atoms with Gasteiger partial charge in [-0.05, 0) is 43.7 Å². The van der Waals surface area contributed by atoms with Crippen LogP contribution in [-0.2, 0) is 34.1 Å². The second kappa shape index (κ2) is 7.96. The van der Waals surface area contributed by atoms with Crippen molar-refractivity contribution >= 4 is 21.7 Å². The molecule has 1 fully saturated rings. The van der Waals surface area contributed by atoms with Gasteiger partial charge in [-0.2, -0.15) is 5.10 Å². The van der Waals surface area contributed by atoms with E-state index in [1.165, 1.54) is 11.3 Å². The molecular formula is C17H25N5O3S2. The molecule has 8 nitrogen and oxygen atoms in total. The molecule has 0 amide bonds. The van der Waals surface area contributed by atoms with Gasteiger partial charge in [-0.3, -0.25) is 9.47 Å². The van der Waals surface area contributed by atoms with Crippen LogP contribution in [0.3, 0.4) is 0 Å². The molecule has 0 bridgehead atoms. The van der Waals surface area contributed by atoms with E-state index in [9.17, 15) is 13.6 Å². The molecule has 2 aromatic rings. The SMILES string of the molecule is O=c1n(CCN2CCCC(N[S+](=O)([O-])c3cccs3)C2)nc2n1CCCC2. The summed E-state index contributed by atoms with van der Waals surface area (Å²) >= 11 is 1.23. The Kier molecular flexibility index (Phi) is 5.60. The molecule has 27 heavy (non-hydrogen) atoms. The maximum atomic E-state index is 12.4. The zero-order valence-corrected chi connectivity index (χ0v) is 16.8. The fourth-order valence-corrected chi connectivity index (χ4v) is 6.15. The standard InChI is InChI=1S/C17H25N5O3S2/c23-17-21-9-2-1-6-15(21)18-22(17)11-10-20-8-3-5-14(13-20)19-27(24,25)16-7-4-12-26-16/h4,7,12,14H,1-3,5-6,8-11,13H2,(H-,19,24,25). The molecule has 1 N–H and O–H groups in total. The monoisotopic (exact) mass is 411 g/mol. The number of rotatable bonds is 6. The molecule has 0 spiro atoms. The summed E-state index contributed by atoms with van der Waals surface area (Å²) in [7, 11) is -3.44. The third-order valence-electron chi connectivity index (χ3n) is 5.25. The van der Waals surface area contributed by atoms with E-state index in [1.807, 2.05) is 0 Å². The van der Waals surface area contributed by atoms with Gasteiger partial charge >= 0.3 is 5.69 Å². The van der Waals surface area contributed by atoms with Crippen molar-refractivity contribution in [3.8, 4) is 0 Å². The number of likely N-dealkylation sites (tertiary alicyclic amines) is 1. The van der Waals surface area contributed by atoms with E-state index in [4.69, 9.17) is 0 Å². The molecule has 0 aromatic carbocycles. The summed E-state index contributed by atoms with van der Waals surface area (Å²) < 4.78 is 31.4. The Hall–Kier alpha value is -1.33. The molecule has 4 heterocycles. The van der Waals surface area contributed by atoms with Crippen LogP contribution < -0.4 is 10.4 Å². The van der Waals surface area contributed by atoms with Gasteiger partial charge in [-0.1, -0.05) is 15.5 Å².